The molecule has 0 bridgehead atoms. The Kier molecular flexibility index (Phi) is 5.22. The standard InChI is InChI=1S/C11H15BrClFN2O2S/c1-4-6(2)16(3)19(17,18)8-5-7(13)9(12)11(15)10(8)14/h5-6H,4,15H2,1-3H3. The van der Waals surface area contributed by atoms with Gasteiger partial charge in [-0.05, 0) is 35.3 Å². The highest BCUT2D eigenvalue weighted by molar-refractivity contribution is 9.10. The first-order valence-electron chi connectivity index (χ1n) is 5.55. The van der Waals surface area contributed by atoms with E-state index in [0.717, 1.165) is 10.4 Å². The molecule has 0 saturated carbocycles. The third-order valence-electron chi connectivity index (χ3n) is 3.03. The largest absolute Gasteiger partial charge is 0.395 e. The third kappa shape index (κ3) is 3.04. The van der Waals surface area contributed by atoms with Crippen LogP contribution >= 0.6 is 27.5 Å². The first-order chi connectivity index (χ1) is 8.64. The summed E-state index contributed by atoms with van der Waals surface area (Å²) >= 11 is 8.84. The van der Waals surface area contributed by atoms with Gasteiger partial charge in [0.2, 0.25) is 10.0 Å². The quantitative estimate of drug-likeness (QED) is 0.651. The average Bonchev–Trinajstić information content (AvgIpc) is 2.38. The topological polar surface area (TPSA) is 63.4 Å². The molecular formula is C11H15BrClFN2O2S. The molecule has 0 aliphatic carbocycles. The van der Waals surface area contributed by atoms with E-state index < -0.39 is 20.7 Å². The number of anilines is 1. The number of benzene rings is 1. The van der Waals surface area contributed by atoms with Crippen LogP contribution in [0.25, 0.3) is 0 Å². The van der Waals surface area contributed by atoms with Gasteiger partial charge in [0.05, 0.1) is 15.2 Å². The van der Waals surface area contributed by atoms with Crippen LogP contribution in [0.5, 0.6) is 0 Å². The van der Waals surface area contributed by atoms with Gasteiger partial charge in [-0.3, -0.25) is 0 Å². The second kappa shape index (κ2) is 5.95. The molecule has 4 nitrogen and oxygen atoms in total. The minimum atomic E-state index is -3.97. The van der Waals surface area contributed by atoms with Crippen LogP contribution in [0.1, 0.15) is 20.3 Å². The monoisotopic (exact) mass is 372 g/mol. The number of hydrogen-bond acceptors (Lipinski definition) is 3. The fraction of sp³-hybridized carbons (Fsp3) is 0.455. The molecule has 0 fully saturated rings. The molecule has 1 unspecified atom stereocenters. The van der Waals surface area contributed by atoms with Crippen LogP contribution in [0.2, 0.25) is 5.02 Å². The summed E-state index contributed by atoms with van der Waals surface area (Å²) in [5, 5.41) is 0.0510. The Labute approximate surface area is 125 Å². The highest BCUT2D eigenvalue weighted by atomic mass is 79.9. The van der Waals surface area contributed by atoms with Crippen LogP contribution in [0.3, 0.4) is 0 Å². The van der Waals surface area contributed by atoms with Crippen molar-refractivity contribution in [2.45, 2.75) is 31.2 Å². The maximum absolute atomic E-state index is 14.0. The van der Waals surface area contributed by atoms with Crippen molar-refractivity contribution in [2.24, 2.45) is 0 Å². The van der Waals surface area contributed by atoms with E-state index in [1.807, 2.05) is 6.92 Å². The third-order valence-corrected chi connectivity index (χ3v) is 6.38. The average molecular weight is 374 g/mol. The number of nitrogens with two attached hydrogens (primary N) is 1. The Bertz CT molecular complexity index is 595. The van der Waals surface area contributed by atoms with Gasteiger partial charge in [0.1, 0.15) is 4.90 Å². The van der Waals surface area contributed by atoms with Crippen molar-refractivity contribution < 1.29 is 12.8 Å². The molecule has 1 atom stereocenters. The van der Waals surface area contributed by atoms with Crippen molar-refractivity contribution in [1.82, 2.24) is 4.31 Å². The highest BCUT2D eigenvalue weighted by Gasteiger charge is 2.30. The first kappa shape index (κ1) is 16.7. The van der Waals surface area contributed by atoms with Crippen LogP contribution in [-0.2, 0) is 10.0 Å². The second-order valence-corrected chi connectivity index (χ2v) is 7.34. The van der Waals surface area contributed by atoms with Crippen molar-refractivity contribution in [3.05, 3.63) is 21.4 Å². The maximum atomic E-state index is 14.0. The van der Waals surface area contributed by atoms with Crippen LogP contribution in [0, 0.1) is 5.82 Å². The van der Waals surface area contributed by atoms with Crippen LogP contribution < -0.4 is 5.73 Å². The van der Waals surface area contributed by atoms with Gasteiger partial charge in [0.15, 0.2) is 5.82 Å². The number of nitrogen functional groups attached to an aromatic ring is 1. The fourth-order valence-corrected chi connectivity index (χ4v) is 3.54. The van der Waals surface area contributed by atoms with Crippen molar-refractivity contribution >= 4 is 43.2 Å². The summed E-state index contributed by atoms with van der Waals surface area (Å²) in [6.07, 6.45) is 0.608. The molecule has 0 heterocycles. The zero-order chi connectivity index (χ0) is 15.0. The lowest BCUT2D eigenvalue weighted by molar-refractivity contribution is 0.378. The van der Waals surface area contributed by atoms with Crippen molar-refractivity contribution in [3.63, 3.8) is 0 Å². The minimum absolute atomic E-state index is 0.0510. The van der Waals surface area contributed by atoms with E-state index in [1.54, 1.807) is 6.92 Å². The number of halogens is 3. The lowest BCUT2D eigenvalue weighted by Gasteiger charge is -2.24. The Hall–Kier alpha value is -0.370. The number of hydrogen-bond donors (Lipinski definition) is 1. The summed E-state index contributed by atoms with van der Waals surface area (Å²) in [4.78, 5) is -0.513. The van der Waals surface area contributed by atoms with Gasteiger partial charge >= 0.3 is 0 Å². The molecular weight excluding hydrogens is 359 g/mol. The number of sulfonamides is 1. The van der Waals surface area contributed by atoms with Gasteiger partial charge in [0.25, 0.3) is 0 Å². The van der Waals surface area contributed by atoms with Gasteiger partial charge in [-0.25, -0.2) is 12.8 Å². The summed E-state index contributed by atoms with van der Waals surface area (Å²) in [7, 11) is -2.57. The maximum Gasteiger partial charge on any atom is 0.246 e. The van der Waals surface area contributed by atoms with Crippen LogP contribution in [0.15, 0.2) is 15.4 Å². The van der Waals surface area contributed by atoms with Gasteiger partial charge in [0, 0.05) is 13.1 Å². The summed E-state index contributed by atoms with van der Waals surface area (Å²) in [6.45, 7) is 3.58. The lowest BCUT2D eigenvalue weighted by Crippen LogP contribution is -2.35. The van der Waals surface area contributed by atoms with Gasteiger partial charge in [-0.2, -0.15) is 4.31 Å². The van der Waals surface area contributed by atoms with Gasteiger partial charge in [-0.1, -0.05) is 18.5 Å². The van der Waals surface area contributed by atoms with Crippen LogP contribution in [0.4, 0.5) is 10.1 Å². The molecule has 2 N–H and O–H groups in total. The number of rotatable bonds is 4. The van der Waals surface area contributed by atoms with Crippen molar-refractivity contribution in [3.8, 4) is 0 Å². The molecule has 0 aliphatic heterocycles. The molecule has 1 aromatic rings. The van der Waals surface area contributed by atoms with E-state index in [1.165, 1.54) is 7.05 Å². The van der Waals surface area contributed by atoms with Crippen LogP contribution in [-0.4, -0.2) is 25.8 Å². The molecule has 108 valence electrons. The molecule has 1 aromatic carbocycles. The molecule has 1 rings (SSSR count). The second-order valence-electron chi connectivity index (χ2n) is 4.18. The molecule has 0 spiro atoms. The zero-order valence-electron chi connectivity index (χ0n) is 10.7. The lowest BCUT2D eigenvalue weighted by atomic mass is 10.3. The Morgan fingerprint density at radius 2 is 2.11 bits per heavy atom. The molecule has 0 aromatic heterocycles. The summed E-state index contributed by atoms with van der Waals surface area (Å²) < 4.78 is 40.0. The van der Waals surface area contributed by atoms with Crippen molar-refractivity contribution in [1.29, 1.82) is 0 Å². The van der Waals surface area contributed by atoms with E-state index in [2.05, 4.69) is 15.9 Å². The van der Waals surface area contributed by atoms with E-state index in [4.69, 9.17) is 17.3 Å². The Morgan fingerprint density at radius 3 is 2.58 bits per heavy atom. The number of nitrogens with zero attached hydrogens (tertiary/aromatic N) is 1. The smallest absolute Gasteiger partial charge is 0.246 e. The SMILES string of the molecule is CCC(C)N(C)S(=O)(=O)c1cc(Cl)c(Br)c(N)c1F. The molecule has 0 amide bonds. The summed E-state index contributed by atoms with van der Waals surface area (Å²) in [5.74, 6) is -0.994. The van der Waals surface area contributed by atoms with E-state index in [-0.39, 0.29) is 21.2 Å². The molecule has 0 radical (unpaired) electrons. The fourth-order valence-electron chi connectivity index (χ4n) is 1.44. The first-order valence-corrected chi connectivity index (χ1v) is 8.16. The predicted molar refractivity (Wildman–Crippen MR) is 78.2 cm³/mol. The normalized spacial score (nSPS) is 13.8. The van der Waals surface area contributed by atoms with E-state index in [9.17, 15) is 12.8 Å². The van der Waals surface area contributed by atoms with Crippen molar-refractivity contribution in [2.75, 3.05) is 12.8 Å². The Morgan fingerprint density at radius 1 is 1.58 bits per heavy atom. The van der Waals surface area contributed by atoms with E-state index >= 15 is 0 Å². The molecule has 19 heavy (non-hydrogen) atoms. The van der Waals surface area contributed by atoms with E-state index in [0.29, 0.717) is 6.42 Å². The van der Waals surface area contributed by atoms with Gasteiger partial charge < -0.3 is 5.73 Å². The highest BCUT2D eigenvalue weighted by Crippen LogP contribution is 2.35. The molecule has 8 heteroatoms. The summed E-state index contributed by atoms with van der Waals surface area (Å²) in [6, 6.07) is 0.805. The Balaban J connectivity index is 3.46. The summed E-state index contributed by atoms with van der Waals surface area (Å²) in [5.41, 5.74) is 5.18. The zero-order valence-corrected chi connectivity index (χ0v) is 13.9. The van der Waals surface area contributed by atoms with Gasteiger partial charge in [-0.15, -0.1) is 0 Å². The molecule has 0 saturated heterocycles. The molecule has 0 aliphatic rings. The minimum Gasteiger partial charge on any atom is -0.395 e. The predicted octanol–water partition coefficient (Wildman–Crippen LogP) is 3.24.